The van der Waals surface area contributed by atoms with Gasteiger partial charge in [0.2, 0.25) is 0 Å². The van der Waals surface area contributed by atoms with Gasteiger partial charge in [0.15, 0.2) is 0 Å². The topological polar surface area (TPSA) is 67.0 Å². The Balaban J connectivity index is 2.08. The van der Waals surface area contributed by atoms with Gasteiger partial charge < -0.3 is 10.1 Å². The fourth-order valence-electron chi connectivity index (χ4n) is 1.94. The Morgan fingerprint density at radius 3 is 2.88 bits per heavy atom. The number of alkyl halides is 1. The minimum absolute atomic E-state index is 0.126. The van der Waals surface area contributed by atoms with Gasteiger partial charge in [-0.1, -0.05) is 0 Å². The third-order valence-electron chi connectivity index (χ3n) is 3.16. The van der Waals surface area contributed by atoms with E-state index in [9.17, 15) is 4.79 Å². The van der Waals surface area contributed by atoms with Crippen molar-refractivity contribution in [2.75, 3.05) is 19.1 Å². The molecule has 1 fully saturated rings. The molecule has 17 heavy (non-hydrogen) atoms. The van der Waals surface area contributed by atoms with Crippen LogP contribution in [0.25, 0.3) is 0 Å². The van der Waals surface area contributed by atoms with Gasteiger partial charge in [-0.05, 0) is 19.8 Å². The fourth-order valence-corrected chi connectivity index (χ4v) is 2.28. The molecule has 0 unspecified atom stereocenters. The third-order valence-corrected chi connectivity index (χ3v) is 3.67. The smallest absolute Gasteiger partial charge is 0.255 e. The molecule has 1 amide bonds. The van der Waals surface area contributed by atoms with Gasteiger partial charge in [-0.2, -0.15) is 5.10 Å². The molecule has 0 bridgehead atoms. The number of amides is 1. The molecule has 1 aliphatic heterocycles. The molecule has 6 heteroatoms. The maximum Gasteiger partial charge on any atom is 0.255 e. The van der Waals surface area contributed by atoms with Crippen molar-refractivity contribution in [1.82, 2.24) is 15.5 Å². The van der Waals surface area contributed by atoms with E-state index in [-0.39, 0.29) is 11.4 Å². The van der Waals surface area contributed by atoms with E-state index in [4.69, 9.17) is 16.3 Å². The van der Waals surface area contributed by atoms with Crippen LogP contribution in [-0.4, -0.2) is 40.7 Å². The maximum absolute atomic E-state index is 12.1. The lowest BCUT2D eigenvalue weighted by Gasteiger charge is -2.36. The van der Waals surface area contributed by atoms with E-state index in [1.807, 2.05) is 6.92 Å². The van der Waals surface area contributed by atoms with Gasteiger partial charge in [0.25, 0.3) is 5.91 Å². The number of ether oxygens (including phenoxy) is 1. The average molecular weight is 258 g/mol. The second-order valence-corrected chi connectivity index (χ2v) is 4.66. The van der Waals surface area contributed by atoms with E-state index in [0.29, 0.717) is 24.7 Å². The number of rotatable bonds is 3. The van der Waals surface area contributed by atoms with E-state index in [1.165, 1.54) is 6.20 Å². The van der Waals surface area contributed by atoms with E-state index < -0.39 is 0 Å². The normalized spacial score (nSPS) is 18.9. The summed E-state index contributed by atoms with van der Waals surface area (Å²) < 4.78 is 5.29. The molecule has 0 aromatic carbocycles. The lowest BCUT2D eigenvalue weighted by atomic mass is 9.92. The lowest BCUT2D eigenvalue weighted by molar-refractivity contribution is 0.0433. The summed E-state index contributed by atoms with van der Waals surface area (Å²) in [4.78, 5) is 12.1. The van der Waals surface area contributed by atoms with Crippen molar-refractivity contribution in [3.63, 3.8) is 0 Å². The number of nitrogens with zero attached hydrogens (tertiary/aromatic N) is 1. The van der Waals surface area contributed by atoms with E-state index >= 15 is 0 Å². The third kappa shape index (κ3) is 2.61. The van der Waals surface area contributed by atoms with Crippen LogP contribution in [0.3, 0.4) is 0 Å². The number of aryl methyl sites for hydroxylation is 1. The molecule has 1 aliphatic rings. The predicted molar refractivity (Wildman–Crippen MR) is 64.3 cm³/mol. The highest BCUT2D eigenvalue weighted by atomic mass is 35.5. The van der Waals surface area contributed by atoms with Crippen LogP contribution in [0.5, 0.6) is 0 Å². The quantitative estimate of drug-likeness (QED) is 0.801. The van der Waals surface area contributed by atoms with Gasteiger partial charge in [0, 0.05) is 24.8 Å². The number of hydrogen-bond donors (Lipinski definition) is 2. The molecule has 1 saturated heterocycles. The second kappa shape index (κ2) is 5.06. The van der Waals surface area contributed by atoms with Crippen LogP contribution in [0.1, 0.15) is 28.9 Å². The molecular weight excluding hydrogens is 242 g/mol. The molecule has 5 nitrogen and oxygen atoms in total. The zero-order valence-electron chi connectivity index (χ0n) is 9.75. The molecule has 0 saturated carbocycles. The van der Waals surface area contributed by atoms with Crippen molar-refractivity contribution in [3.8, 4) is 0 Å². The van der Waals surface area contributed by atoms with Gasteiger partial charge in [0.1, 0.15) is 0 Å². The highest BCUT2D eigenvalue weighted by molar-refractivity contribution is 6.19. The molecule has 1 aromatic heterocycles. The van der Waals surface area contributed by atoms with Crippen LogP contribution >= 0.6 is 11.6 Å². The fraction of sp³-hybridized carbons (Fsp3) is 0.636. The Labute approximate surface area is 105 Å². The molecule has 2 heterocycles. The number of aromatic nitrogens is 2. The Bertz CT molecular complexity index is 399. The van der Waals surface area contributed by atoms with Gasteiger partial charge in [-0.15, -0.1) is 11.6 Å². The summed E-state index contributed by atoms with van der Waals surface area (Å²) in [5.41, 5.74) is 0.987. The first-order valence-corrected chi connectivity index (χ1v) is 6.16. The molecular formula is C11H16ClN3O2. The SMILES string of the molecule is Cc1[nH]ncc1C(=O)NC1(CCl)CCOCC1. The van der Waals surface area contributed by atoms with Crippen molar-refractivity contribution in [2.45, 2.75) is 25.3 Å². The molecule has 0 spiro atoms. The zero-order valence-corrected chi connectivity index (χ0v) is 10.5. The van der Waals surface area contributed by atoms with Gasteiger partial charge in [0.05, 0.1) is 17.3 Å². The van der Waals surface area contributed by atoms with E-state index in [1.54, 1.807) is 0 Å². The minimum Gasteiger partial charge on any atom is -0.381 e. The van der Waals surface area contributed by atoms with Crippen LogP contribution in [0, 0.1) is 6.92 Å². The predicted octanol–water partition coefficient (Wildman–Crippen LogP) is 1.24. The molecule has 0 radical (unpaired) electrons. The Hall–Kier alpha value is -1.07. The van der Waals surface area contributed by atoms with Crippen LogP contribution in [0.15, 0.2) is 6.20 Å². The zero-order chi connectivity index (χ0) is 12.3. The van der Waals surface area contributed by atoms with Crippen LogP contribution in [-0.2, 0) is 4.74 Å². The number of nitrogens with one attached hydrogen (secondary N) is 2. The van der Waals surface area contributed by atoms with Gasteiger partial charge in [-0.25, -0.2) is 0 Å². The Morgan fingerprint density at radius 2 is 2.35 bits per heavy atom. The maximum atomic E-state index is 12.1. The molecule has 2 rings (SSSR count). The first kappa shape index (κ1) is 12.4. The molecule has 94 valence electrons. The van der Waals surface area contributed by atoms with Crippen molar-refractivity contribution in [3.05, 3.63) is 17.5 Å². The largest absolute Gasteiger partial charge is 0.381 e. The summed E-state index contributed by atoms with van der Waals surface area (Å²) in [5.74, 6) is 0.276. The van der Waals surface area contributed by atoms with E-state index in [0.717, 1.165) is 18.5 Å². The Morgan fingerprint density at radius 1 is 1.65 bits per heavy atom. The van der Waals surface area contributed by atoms with Gasteiger partial charge >= 0.3 is 0 Å². The summed E-state index contributed by atoms with van der Waals surface area (Å²) in [6.07, 6.45) is 3.03. The molecule has 1 aromatic rings. The van der Waals surface area contributed by atoms with Crippen LogP contribution in [0.2, 0.25) is 0 Å². The number of hydrogen-bond acceptors (Lipinski definition) is 3. The number of H-pyrrole nitrogens is 1. The van der Waals surface area contributed by atoms with Crippen LogP contribution < -0.4 is 5.32 Å². The average Bonchev–Trinajstić information content (AvgIpc) is 2.77. The summed E-state index contributed by atoms with van der Waals surface area (Å²) in [6, 6.07) is 0. The highest BCUT2D eigenvalue weighted by Gasteiger charge is 2.34. The number of carbonyl (C=O) groups is 1. The summed E-state index contributed by atoms with van der Waals surface area (Å²) in [5, 5.41) is 9.60. The minimum atomic E-state index is -0.347. The second-order valence-electron chi connectivity index (χ2n) is 4.39. The highest BCUT2D eigenvalue weighted by Crippen LogP contribution is 2.23. The van der Waals surface area contributed by atoms with Crippen LogP contribution in [0.4, 0.5) is 0 Å². The number of halogens is 1. The van der Waals surface area contributed by atoms with Crippen molar-refractivity contribution < 1.29 is 9.53 Å². The summed E-state index contributed by atoms with van der Waals surface area (Å²) in [6.45, 7) is 3.09. The summed E-state index contributed by atoms with van der Waals surface area (Å²) >= 11 is 5.99. The first-order valence-electron chi connectivity index (χ1n) is 5.63. The van der Waals surface area contributed by atoms with Crippen molar-refractivity contribution in [2.24, 2.45) is 0 Å². The standard InChI is InChI=1S/C11H16ClN3O2/c1-8-9(6-13-15-8)10(16)14-11(7-12)2-4-17-5-3-11/h6H,2-5,7H2,1H3,(H,13,15)(H,14,16). The van der Waals surface area contributed by atoms with Crippen molar-refractivity contribution in [1.29, 1.82) is 0 Å². The molecule has 0 aliphatic carbocycles. The molecule has 2 N–H and O–H groups in total. The molecule has 0 atom stereocenters. The number of carbonyl (C=O) groups excluding carboxylic acids is 1. The number of aromatic amines is 1. The monoisotopic (exact) mass is 257 g/mol. The van der Waals surface area contributed by atoms with Crippen molar-refractivity contribution >= 4 is 17.5 Å². The lowest BCUT2D eigenvalue weighted by Crippen LogP contribution is -2.53. The first-order chi connectivity index (χ1) is 8.17. The van der Waals surface area contributed by atoms with E-state index in [2.05, 4.69) is 15.5 Å². The Kier molecular flexibility index (Phi) is 3.69. The summed E-state index contributed by atoms with van der Waals surface area (Å²) in [7, 11) is 0. The van der Waals surface area contributed by atoms with Gasteiger partial charge in [-0.3, -0.25) is 9.89 Å².